The number of hydrogen-bond donors (Lipinski definition) is 4. The van der Waals surface area contributed by atoms with Crippen molar-refractivity contribution in [3.63, 3.8) is 0 Å². The van der Waals surface area contributed by atoms with E-state index in [0.29, 0.717) is 5.56 Å². The summed E-state index contributed by atoms with van der Waals surface area (Å²) in [5, 5.41) is 44.5. The Morgan fingerprint density at radius 2 is 1.61 bits per heavy atom. The Kier molecular flexibility index (Phi) is 4.93. The van der Waals surface area contributed by atoms with Gasteiger partial charge in [0.25, 0.3) is 0 Å². The monoisotopic (exact) mass is 488 g/mol. The number of allylic oxidation sites excluding steroid dienone is 2. The van der Waals surface area contributed by atoms with Crippen LogP contribution in [0, 0.1) is 17.8 Å². The van der Waals surface area contributed by atoms with Crippen molar-refractivity contribution in [2.24, 2.45) is 10.8 Å². The van der Waals surface area contributed by atoms with Crippen LogP contribution in [0.4, 0.5) is 0 Å². The SMILES string of the molecule is CC(=O)C1=C(O)C[C@]2(C)C[C@]3(C)Cc4c(-c5ccccc5C)ccc(O)c4C(=O)C3=C(O)[C@]2(O)C1=O. The van der Waals surface area contributed by atoms with Crippen LogP contribution in [0.3, 0.4) is 0 Å². The van der Waals surface area contributed by atoms with E-state index in [-0.39, 0.29) is 36.1 Å². The van der Waals surface area contributed by atoms with E-state index in [0.717, 1.165) is 23.6 Å². The van der Waals surface area contributed by atoms with Crippen LogP contribution in [0.2, 0.25) is 0 Å². The summed E-state index contributed by atoms with van der Waals surface area (Å²) in [6, 6.07) is 10.9. The van der Waals surface area contributed by atoms with Gasteiger partial charge in [0.2, 0.25) is 5.78 Å². The third-order valence-electron chi connectivity index (χ3n) is 8.34. The molecule has 186 valence electrons. The Bertz CT molecular complexity index is 1460. The predicted molar refractivity (Wildman–Crippen MR) is 132 cm³/mol. The summed E-state index contributed by atoms with van der Waals surface area (Å²) >= 11 is 0. The maximum Gasteiger partial charge on any atom is 0.209 e. The maximum atomic E-state index is 13.9. The summed E-state index contributed by atoms with van der Waals surface area (Å²) < 4.78 is 0. The molecule has 0 amide bonds. The van der Waals surface area contributed by atoms with E-state index in [1.54, 1.807) is 19.9 Å². The Balaban J connectivity index is 1.79. The zero-order chi connectivity index (χ0) is 26.4. The summed E-state index contributed by atoms with van der Waals surface area (Å²) in [4.78, 5) is 39.4. The van der Waals surface area contributed by atoms with E-state index in [1.165, 1.54) is 6.07 Å². The number of rotatable bonds is 2. The molecule has 2 aromatic carbocycles. The summed E-state index contributed by atoms with van der Waals surface area (Å²) in [6.45, 7) is 6.40. The number of benzene rings is 2. The first-order valence-electron chi connectivity index (χ1n) is 11.9. The van der Waals surface area contributed by atoms with Crippen molar-refractivity contribution in [3.05, 3.63) is 75.8 Å². The Morgan fingerprint density at radius 3 is 2.25 bits per heavy atom. The zero-order valence-corrected chi connectivity index (χ0v) is 20.6. The highest BCUT2D eigenvalue weighted by atomic mass is 16.3. The van der Waals surface area contributed by atoms with Crippen LogP contribution in [0.1, 0.15) is 55.1 Å². The molecule has 0 unspecified atom stereocenters. The van der Waals surface area contributed by atoms with Gasteiger partial charge in [-0.1, -0.05) is 44.2 Å². The zero-order valence-electron chi connectivity index (χ0n) is 20.6. The lowest BCUT2D eigenvalue weighted by atomic mass is 9.48. The number of ketones is 3. The second-order valence-electron chi connectivity index (χ2n) is 10.9. The Labute approximate surface area is 208 Å². The highest BCUT2D eigenvalue weighted by Gasteiger charge is 2.67. The topological polar surface area (TPSA) is 132 Å². The van der Waals surface area contributed by atoms with Crippen LogP contribution in [0.15, 0.2) is 59.1 Å². The largest absolute Gasteiger partial charge is 0.511 e. The van der Waals surface area contributed by atoms with Gasteiger partial charge in [-0.15, -0.1) is 0 Å². The van der Waals surface area contributed by atoms with Gasteiger partial charge in [0.1, 0.15) is 22.8 Å². The molecule has 3 aliphatic rings. The van der Waals surface area contributed by atoms with Gasteiger partial charge in [-0.05, 0) is 55.0 Å². The molecule has 3 aliphatic carbocycles. The molecule has 0 saturated heterocycles. The molecule has 5 rings (SSSR count). The number of carbonyl (C=O) groups is 3. The van der Waals surface area contributed by atoms with Gasteiger partial charge in [0.05, 0.1) is 5.56 Å². The lowest BCUT2D eigenvalue weighted by molar-refractivity contribution is -0.158. The van der Waals surface area contributed by atoms with E-state index in [4.69, 9.17) is 0 Å². The number of aryl methyl sites for hydroxylation is 1. The molecule has 2 aromatic rings. The van der Waals surface area contributed by atoms with Crippen LogP contribution in [-0.2, 0) is 16.0 Å². The molecular formula is C29H28O7. The first kappa shape index (κ1) is 24.0. The average molecular weight is 489 g/mol. The van der Waals surface area contributed by atoms with Crippen LogP contribution >= 0.6 is 0 Å². The molecule has 0 aromatic heterocycles. The van der Waals surface area contributed by atoms with Gasteiger partial charge in [-0.3, -0.25) is 14.4 Å². The van der Waals surface area contributed by atoms with E-state index in [2.05, 4.69) is 0 Å². The second kappa shape index (κ2) is 7.40. The molecule has 0 saturated carbocycles. The van der Waals surface area contributed by atoms with Crippen molar-refractivity contribution < 1.29 is 34.8 Å². The summed E-state index contributed by atoms with van der Waals surface area (Å²) in [6.07, 6.45) is 0.100. The first-order chi connectivity index (χ1) is 16.8. The van der Waals surface area contributed by atoms with Gasteiger partial charge in [0.15, 0.2) is 17.2 Å². The number of Topliss-reactive ketones (excluding diaryl/α,β-unsaturated/α-hetero) is 3. The number of aliphatic hydroxyl groups is 3. The van der Waals surface area contributed by atoms with Crippen molar-refractivity contribution >= 4 is 17.3 Å². The van der Waals surface area contributed by atoms with Gasteiger partial charge in [0, 0.05) is 22.8 Å². The van der Waals surface area contributed by atoms with E-state index in [1.807, 2.05) is 31.2 Å². The van der Waals surface area contributed by atoms with Gasteiger partial charge in [-0.25, -0.2) is 0 Å². The number of phenolic OH excluding ortho intramolecular Hbond substituents is 1. The molecule has 7 heteroatoms. The molecule has 0 heterocycles. The fourth-order valence-corrected chi connectivity index (χ4v) is 6.78. The number of aromatic hydroxyl groups is 1. The molecular weight excluding hydrogens is 460 g/mol. The summed E-state index contributed by atoms with van der Waals surface area (Å²) in [5.41, 5.74) is -2.37. The fourth-order valence-electron chi connectivity index (χ4n) is 6.78. The van der Waals surface area contributed by atoms with Gasteiger partial charge in [-0.2, -0.15) is 0 Å². The highest BCUT2D eigenvalue weighted by Crippen LogP contribution is 2.62. The maximum absolute atomic E-state index is 13.9. The fraction of sp³-hybridized carbons (Fsp3) is 0.345. The quantitative estimate of drug-likeness (QED) is 0.460. The first-order valence-corrected chi connectivity index (χ1v) is 11.9. The number of fused-ring (bicyclic) bond motifs is 3. The Hall–Kier alpha value is -3.71. The number of carbonyl (C=O) groups excluding carboxylic acids is 3. The van der Waals surface area contributed by atoms with Crippen LogP contribution < -0.4 is 0 Å². The third-order valence-corrected chi connectivity index (χ3v) is 8.34. The van der Waals surface area contributed by atoms with Crippen molar-refractivity contribution in [2.45, 2.75) is 52.6 Å². The van der Waals surface area contributed by atoms with E-state index >= 15 is 0 Å². The van der Waals surface area contributed by atoms with Crippen LogP contribution in [0.25, 0.3) is 11.1 Å². The summed E-state index contributed by atoms with van der Waals surface area (Å²) in [7, 11) is 0. The minimum absolute atomic E-state index is 0.0235. The van der Waals surface area contributed by atoms with Crippen molar-refractivity contribution in [1.29, 1.82) is 0 Å². The third kappa shape index (κ3) is 2.86. The molecule has 4 N–H and O–H groups in total. The molecule has 0 spiro atoms. The molecule has 0 bridgehead atoms. The Morgan fingerprint density at radius 1 is 0.944 bits per heavy atom. The lowest BCUT2D eigenvalue weighted by Gasteiger charge is -2.56. The van der Waals surface area contributed by atoms with Crippen LogP contribution in [-0.4, -0.2) is 43.4 Å². The minimum Gasteiger partial charge on any atom is -0.511 e. The average Bonchev–Trinajstić information content (AvgIpc) is 2.76. The number of hydrogen-bond acceptors (Lipinski definition) is 7. The van der Waals surface area contributed by atoms with Crippen molar-refractivity contribution in [3.8, 4) is 16.9 Å². The molecule has 36 heavy (non-hydrogen) atoms. The number of phenols is 1. The highest BCUT2D eigenvalue weighted by molar-refractivity contribution is 6.25. The van der Waals surface area contributed by atoms with Gasteiger partial charge >= 0.3 is 0 Å². The lowest BCUT2D eigenvalue weighted by Crippen LogP contribution is -2.63. The predicted octanol–water partition coefficient (Wildman–Crippen LogP) is 4.44. The second-order valence-corrected chi connectivity index (χ2v) is 10.9. The van der Waals surface area contributed by atoms with Crippen molar-refractivity contribution in [1.82, 2.24) is 0 Å². The van der Waals surface area contributed by atoms with Crippen LogP contribution in [0.5, 0.6) is 5.75 Å². The van der Waals surface area contributed by atoms with E-state index in [9.17, 15) is 34.8 Å². The standard InChI is InChI=1S/C29H28O7/c1-14-7-5-6-8-16(14)17-9-10-19(31)22-18(17)11-27(3)13-28(4)12-20(32)21(15(2)30)25(34)29(28,36)26(35)23(27)24(22)33/h5-10,31-32,35-36H,11-13H2,1-4H3/t27-,28+,29+/m0/s1. The summed E-state index contributed by atoms with van der Waals surface area (Å²) in [5.74, 6) is -4.03. The molecule has 7 nitrogen and oxygen atoms in total. The molecule has 0 radical (unpaired) electrons. The van der Waals surface area contributed by atoms with E-state index < -0.39 is 50.9 Å². The number of aliphatic hydroxyl groups excluding tert-OH is 2. The molecule has 0 fully saturated rings. The van der Waals surface area contributed by atoms with Crippen molar-refractivity contribution in [2.75, 3.05) is 0 Å². The molecule has 3 atom stereocenters. The van der Waals surface area contributed by atoms with Gasteiger partial charge < -0.3 is 20.4 Å². The molecule has 0 aliphatic heterocycles. The smallest absolute Gasteiger partial charge is 0.209 e. The minimum atomic E-state index is -2.56. The normalized spacial score (nSPS) is 29.6.